The van der Waals surface area contributed by atoms with Gasteiger partial charge in [0.25, 0.3) is 0 Å². The van der Waals surface area contributed by atoms with Crippen molar-refractivity contribution in [3.8, 4) is 0 Å². The first-order chi connectivity index (χ1) is 12.3. The maximum absolute atomic E-state index is 13.2. The molecule has 0 aliphatic carbocycles. The van der Waals surface area contributed by atoms with Gasteiger partial charge in [-0.05, 0) is 63.4 Å². The Balaban J connectivity index is 2.26. The van der Waals surface area contributed by atoms with E-state index >= 15 is 0 Å². The van der Waals surface area contributed by atoms with E-state index in [1.807, 2.05) is 69.3 Å². The molecule has 0 saturated carbocycles. The number of carbonyl (C=O) groups is 2. The van der Waals surface area contributed by atoms with Crippen molar-refractivity contribution in [1.82, 2.24) is 0 Å². The topological polar surface area (TPSA) is 49.4 Å². The van der Waals surface area contributed by atoms with Gasteiger partial charge in [0.2, 0.25) is 11.8 Å². The van der Waals surface area contributed by atoms with Crippen molar-refractivity contribution >= 4 is 23.2 Å². The van der Waals surface area contributed by atoms with Crippen LogP contribution in [0.25, 0.3) is 0 Å². The van der Waals surface area contributed by atoms with Gasteiger partial charge in [0.15, 0.2) is 0 Å². The summed E-state index contributed by atoms with van der Waals surface area (Å²) >= 11 is 0. The summed E-state index contributed by atoms with van der Waals surface area (Å²) in [6, 6.07) is 15.4. The lowest BCUT2D eigenvalue weighted by Gasteiger charge is -2.31. The predicted molar refractivity (Wildman–Crippen MR) is 107 cm³/mol. The van der Waals surface area contributed by atoms with Crippen LogP contribution in [0, 0.1) is 12.3 Å². The first-order valence-corrected chi connectivity index (χ1v) is 9.09. The van der Waals surface area contributed by atoms with Crippen LogP contribution in [0.3, 0.4) is 0 Å². The number of benzene rings is 2. The normalized spacial score (nSPS) is 11.1. The molecule has 0 radical (unpaired) electrons. The summed E-state index contributed by atoms with van der Waals surface area (Å²) in [6.45, 7) is 9.81. The molecule has 1 N–H and O–H groups in total. The van der Waals surface area contributed by atoms with Crippen LogP contribution < -0.4 is 10.2 Å². The molecule has 2 amide bonds. The number of carbonyl (C=O) groups excluding carboxylic acids is 2. The highest BCUT2D eigenvalue weighted by molar-refractivity contribution is 6.15. The van der Waals surface area contributed by atoms with Crippen LogP contribution in [0.2, 0.25) is 0 Å². The van der Waals surface area contributed by atoms with Gasteiger partial charge in [-0.2, -0.15) is 0 Å². The maximum atomic E-state index is 13.2. The van der Waals surface area contributed by atoms with E-state index in [0.717, 1.165) is 28.9 Å². The fraction of sp³-hybridized carbons (Fsp3) is 0.364. The summed E-state index contributed by atoms with van der Waals surface area (Å²) in [4.78, 5) is 27.7. The summed E-state index contributed by atoms with van der Waals surface area (Å²) in [5.41, 5.74) is 2.52. The van der Waals surface area contributed by atoms with Crippen LogP contribution in [0.5, 0.6) is 0 Å². The molecule has 4 heteroatoms. The highest BCUT2D eigenvalue weighted by atomic mass is 16.2. The molecule has 0 bridgehead atoms. The molecule has 0 atom stereocenters. The standard InChI is InChI=1S/C22H28N2O2/c1-6-17-12-8-9-14-19(17)23-20(25)22(4,5)21(26)24(7-2)18-13-10-11-16(3)15-18/h8-15H,6-7H2,1-5H3,(H,23,25). The zero-order valence-electron chi connectivity index (χ0n) is 16.3. The smallest absolute Gasteiger partial charge is 0.242 e. The van der Waals surface area contributed by atoms with Crippen LogP contribution in [-0.4, -0.2) is 18.4 Å². The number of hydrogen-bond donors (Lipinski definition) is 1. The molecule has 4 nitrogen and oxygen atoms in total. The number of amides is 2. The van der Waals surface area contributed by atoms with Crippen LogP contribution in [-0.2, 0) is 16.0 Å². The molecule has 26 heavy (non-hydrogen) atoms. The quantitative estimate of drug-likeness (QED) is 0.774. The number of anilines is 2. The Bertz CT molecular complexity index is 796. The van der Waals surface area contributed by atoms with E-state index < -0.39 is 5.41 Å². The third-order valence-electron chi connectivity index (χ3n) is 4.62. The maximum Gasteiger partial charge on any atom is 0.242 e. The van der Waals surface area contributed by atoms with Crippen molar-refractivity contribution in [3.63, 3.8) is 0 Å². The van der Waals surface area contributed by atoms with Gasteiger partial charge in [-0.25, -0.2) is 0 Å². The van der Waals surface area contributed by atoms with E-state index in [1.165, 1.54) is 0 Å². The summed E-state index contributed by atoms with van der Waals surface area (Å²) < 4.78 is 0. The Kier molecular flexibility index (Phi) is 6.19. The number of hydrogen-bond acceptors (Lipinski definition) is 2. The number of para-hydroxylation sites is 1. The summed E-state index contributed by atoms with van der Waals surface area (Å²) in [5.74, 6) is -0.508. The van der Waals surface area contributed by atoms with E-state index in [-0.39, 0.29) is 11.8 Å². The second-order valence-electron chi connectivity index (χ2n) is 6.98. The third-order valence-corrected chi connectivity index (χ3v) is 4.62. The lowest BCUT2D eigenvalue weighted by atomic mass is 9.89. The number of aryl methyl sites for hydroxylation is 2. The van der Waals surface area contributed by atoms with Crippen molar-refractivity contribution in [2.24, 2.45) is 5.41 Å². The van der Waals surface area contributed by atoms with E-state index in [2.05, 4.69) is 5.32 Å². The highest BCUT2D eigenvalue weighted by Gasteiger charge is 2.39. The van der Waals surface area contributed by atoms with Crippen LogP contribution >= 0.6 is 0 Å². The first-order valence-electron chi connectivity index (χ1n) is 9.09. The Hall–Kier alpha value is -2.62. The van der Waals surface area contributed by atoms with Gasteiger partial charge in [0.05, 0.1) is 0 Å². The van der Waals surface area contributed by atoms with Crippen molar-refractivity contribution in [2.45, 2.75) is 41.0 Å². The molecule has 2 rings (SSSR count). The first kappa shape index (κ1) is 19.7. The Morgan fingerprint density at radius 2 is 1.73 bits per heavy atom. The zero-order chi connectivity index (χ0) is 19.3. The third kappa shape index (κ3) is 4.13. The fourth-order valence-electron chi connectivity index (χ4n) is 2.90. The van der Waals surface area contributed by atoms with Gasteiger partial charge < -0.3 is 10.2 Å². The fourth-order valence-corrected chi connectivity index (χ4v) is 2.90. The molecule has 0 heterocycles. The molecular formula is C22H28N2O2. The largest absolute Gasteiger partial charge is 0.325 e. The number of nitrogens with one attached hydrogen (secondary N) is 1. The minimum atomic E-state index is -1.18. The van der Waals surface area contributed by atoms with Crippen molar-refractivity contribution < 1.29 is 9.59 Å². The van der Waals surface area contributed by atoms with Crippen molar-refractivity contribution in [3.05, 3.63) is 59.7 Å². The van der Waals surface area contributed by atoms with Crippen molar-refractivity contribution in [1.29, 1.82) is 0 Å². The molecule has 0 aromatic heterocycles. The van der Waals surface area contributed by atoms with Gasteiger partial charge in [0.1, 0.15) is 5.41 Å². The van der Waals surface area contributed by atoms with Gasteiger partial charge in [-0.3, -0.25) is 9.59 Å². The molecule has 0 aliphatic rings. The average Bonchev–Trinajstić information content (AvgIpc) is 2.62. The van der Waals surface area contributed by atoms with Crippen LogP contribution in [0.1, 0.15) is 38.8 Å². The molecule has 0 unspecified atom stereocenters. The number of rotatable bonds is 6. The van der Waals surface area contributed by atoms with E-state index in [9.17, 15) is 9.59 Å². The van der Waals surface area contributed by atoms with Gasteiger partial charge in [-0.15, -0.1) is 0 Å². The molecule has 0 saturated heterocycles. The monoisotopic (exact) mass is 352 g/mol. The zero-order valence-corrected chi connectivity index (χ0v) is 16.3. The summed E-state index contributed by atoms with van der Waals surface area (Å²) in [6.07, 6.45) is 0.815. The Morgan fingerprint density at radius 1 is 1.04 bits per heavy atom. The minimum Gasteiger partial charge on any atom is -0.325 e. The molecule has 0 spiro atoms. The van der Waals surface area contributed by atoms with Gasteiger partial charge in [0, 0.05) is 17.9 Å². The van der Waals surface area contributed by atoms with Crippen LogP contribution in [0.15, 0.2) is 48.5 Å². The lowest BCUT2D eigenvalue weighted by molar-refractivity contribution is -0.136. The lowest BCUT2D eigenvalue weighted by Crippen LogP contribution is -2.47. The Morgan fingerprint density at radius 3 is 2.35 bits per heavy atom. The molecule has 138 valence electrons. The summed E-state index contributed by atoms with van der Waals surface area (Å²) in [5, 5.41) is 2.94. The van der Waals surface area contributed by atoms with Crippen LogP contribution in [0.4, 0.5) is 11.4 Å². The number of nitrogens with zero attached hydrogens (tertiary/aromatic N) is 1. The SMILES string of the molecule is CCc1ccccc1NC(=O)C(C)(C)C(=O)N(CC)c1cccc(C)c1. The van der Waals surface area contributed by atoms with E-state index in [1.54, 1.807) is 18.7 Å². The summed E-state index contributed by atoms with van der Waals surface area (Å²) in [7, 11) is 0. The molecule has 0 aliphatic heterocycles. The van der Waals surface area contributed by atoms with E-state index in [4.69, 9.17) is 0 Å². The molecule has 0 fully saturated rings. The van der Waals surface area contributed by atoms with Gasteiger partial charge >= 0.3 is 0 Å². The van der Waals surface area contributed by atoms with E-state index in [0.29, 0.717) is 6.54 Å². The minimum absolute atomic E-state index is 0.211. The molecule has 2 aromatic rings. The van der Waals surface area contributed by atoms with Gasteiger partial charge in [-0.1, -0.05) is 37.3 Å². The second kappa shape index (κ2) is 8.17. The molecular weight excluding hydrogens is 324 g/mol. The second-order valence-corrected chi connectivity index (χ2v) is 6.98. The van der Waals surface area contributed by atoms with Crippen molar-refractivity contribution in [2.75, 3.05) is 16.8 Å². The average molecular weight is 352 g/mol. The Labute approximate surface area is 156 Å². The highest BCUT2D eigenvalue weighted by Crippen LogP contribution is 2.27. The molecule has 2 aromatic carbocycles. The predicted octanol–water partition coefficient (Wildman–Crippen LogP) is 4.58.